The molecule has 0 atom stereocenters. The Morgan fingerprint density at radius 2 is 0.763 bits per heavy atom. The molecule has 9 aromatic carbocycles. The molecule has 0 aliphatic rings. The molecule has 0 fully saturated rings. The molecule has 22 heteroatoms. The molecule has 76 heavy (non-hydrogen) atoms. The Balaban J connectivity index is 1.12. The van der Waals surface area contributed by atoms with E-state index < -0.39 is 0 Å². The monoisotopic (exact) mass is 919 g/mol. The fraction of sp³-hybridized carbons (Fsp3) is 0. The first-order valence-corrected chi connectivity index (χ1v) is 23.4. The van der Waals surface area contributed by atoms with Gasteiger partial charge < -0.3 is 8.98 Å². The summed E-state index contributed by atoms with van der Waals surface area (Å²) in [5.74, 6) is 0. The molecule has 0 aliphatic heterocycles. The summed E-state index contributed by atoms with van der Waals surface area (Å²) < 4.78 is 8.04. The van der Waals surface area contributed by atoms with Crippen LogP contribution in [-0.4, -0.2) is 156 Å². The molecule has 12 aromatic rings. The van der Waals surface area contributed by atoms with Gasteiger partial charge in [-0.2, -0.15) is 0 Å². The summed E-state index contributed by atoms with van der Waals surface area (Å²) in [6.45, 7) is 0. The zero-order valence-corrected chi connectivity index (χ0v) is 40.3. The lowest BCUT2D eigenvalue weighted by molar-refractivity contribution is 0.669. The minimum absolute atomic E-state index is 0.00669. The van der Waals surface area contributed by atoms with E-state index in [4.69, 9.17) is 156 Å². The Morgan fingerprint density at radius 1 is 0.316 bits per heavy atom. The second kappa shape index (κ2) is 18.0. The van der Waals surface area contributed by atoms with Crippen molar-refractivity contribution in [2.75, 3.05) is 0 Å². The Hall–Kier alpha value is -6.65. The molecule has 12 rings (SSSR count). The topological polar surface area (TPSA) is 43.9 Å². The molecule has 0 saturated heterocycles. The molecule has 0 aliphatic carbocycles. The highest BCUT2D eigenvalue weighted by Gasteiger charge is 2.29. The van der Waals surface area contributed by atoms with Crippen LogP contribution in [0.2, 0.25) is 0 Å². The highest BCUT2D eigenvalue weighted by atomic mass is 16.3. The molecule has 0 spiro atoms. The normalized spacial score (nSPS) is 11.8. The average molecular weight is 916 g/mol. The molecule has 0 unspecified atom stereocenters. The molecule has 0 bridgehead atoms. The molecule has 4 nitrogen and oxygen atoms in total. The Kier molecular flexibility index (Phi) is 11.9. The first-order chi connectivity index (χ1) is 36.3. The van der Waals surface area contributed by atoms with Gasteiger partial charge in [-0.25, -0.2) is 9.97 Å². The van der Waals surface area contributed by atoms with Crippen molar-refractivity contribution in [2.24, 2.45) is 0 Å². The van der Waals surface area contributed by atoms with Crippen LogP contribution in [0.1, 0.15) is 0 Å². The standard InChI is InChI=1S/C54H15B18N3O/c55-32-26-29(38(61)44(67)43(66)37(26)60)42(65)52-30(32)31-41(64)45(68)46(69)49(72)53(31)75(52)54-47(70)39(62)28(40(63)48(54)71)27-35(58)33(56)24(34(57)36(27)59)17-14-19(25-18-10-4-7-13-22(18)76-23(25)15-17)51-50(16-8-2-1-3-9-16)73-20-11-5-6-12-21(20)74-51/h1-15H. The van der Waals surface area contributed by atoms with Crippen LogP contribution in [-0.2, 0) is 0 Å². The summed E-state index contributed by atoms with van der Waals surface area (Å²) in [4.78, 5) is 10.4. The number of hydrogen-bond acceptors (Lipinski definition) is 3. The SMILES string of the molecule is [B]c1c([B])c(-c2c([B])c([B])c(-n3c4c([B])c([B])c([B])c([B])c4c4c([B])c5c([B])c([B])c([B])c([B])c5c([B])c43)c([B])c2[B])c([B])c([B])c1-c1cc(-c2nc3ccccc3nc2-c2ccccc2)c2c(c1)oc1ccccc12. The maximum atomic E-state index is 7.13. The lowest BCUT2D eigenvalue weighted by Gasteiger charge is -2.30. The number of fused-ring (bicyclic) bond motifs is 8. The van der Waals surface area contributed by atoms with Crippen LogP contribution >= 0.6 is 0 Å². The maximum Gasteiger partial charge on any atom is 0.136 e. The lowest BCUT2D eigenvalue weighted by atomic mass is 9.58. The molecule has 3 heterocycles. The third-order valence-electron chi connectivity index (χ3n) is 14.7. The van der Waals surface area contributed by atoms with E-state index in [0.717, 1.165) is 16.3 Å². The van der Waals surface area contributed by atoms with E-state index in [0.29, 0.717) is 44.7 Å². The Bertz CT molecular complexity index is 4570. The lowest BCUT2D eigenvalue weighted by Crippen LogP contribution is -2.51. The summed E-state index contributed by atoms with van der Waals surface area (Å²) in [6, 6.07) is 28.8. The van der Waals surface area contributed by atoms with Gasteiger partial charge in [-0.3, -0.25) is 0 Å². The second-order valence-corrected chi connectivity index (χ2v) is 18.7. The van der Waals surface area contributed by atoms with Gasteiger partial charge in [-0.05, 0) is 68.7 Å². The molecule has 0 N–H and O–H groups in total. The molecular weight excluding hydrogens is 901 g/mol. The summed E-state index contributed by atoms with van der Waals surface area (Å²) in [6.07, 6.45) is 0. The number of rotatable bonds is 5. The minimum Gasteiger partial charge on any atom is -0.456 e. The van der Waals surface area contributed by atoms with Gasteiger partial charge in [0.05, 0.1) is 22.4 Å². The van der Waals surface area contributed by atoms with E-state index in [1.807, 2.05) is 91.0 Å². The van der Waals surface area contributed by atoms with Crippen molar-refractivity contribution in [1.29, 1.82) is 0 Å². The Morgan fingerprint density at radius 3 is 1.36 bits per heavy atom. The van der Waals surface area contributed by atoms with E-state index >= 15 is 0 Å². The van der Waals surface area contributed by atoms with Crippen LogP contribution < -0.4 is 98.3 Å². The average Bonchev–Trinajstić information content (AvgIpc) is 4.19. The van der Waals surface area contributed by atoms with E-state index in [1.54, 1.807) is 0 Å². The first-order valence-electron chi connectivity index (χ1n) is 23.4. The van der Waals surface area contributed by atoms with Gasteiger partial charge >= 0.3 is 0 Å². The van der Waals surface area contributed by atoms with E-state index in [-0.39, 0.29) is 153 Å². The van der Waals surface area contributed by atoms with Crippen molar-refractivity contribution in [3.63, 3.8) is 0 Å². The molecule has 36 radical (unpaired) electrons. The van der Waals surface area contributed by atoms with Crippen LogP contribution in [0.4, 0.5) is 0 Å². The Labute approximate surface area is 462 Å². The zero-order valence-electron chi connectivity index (χ0n) is 40.3. The van der Waals surface area contributed by atoms with Crippen LogP contribution in [0, 0.1) is 0 Å². The molecular formula is C54H15B18N3O. The summed E-state index contributed by atoms with van der Waals surface area (Å²) in [5.41, 5.74) is 5.34. The van der Waals surface area contributed by atoms with Crippen molar-refractivity contribution >= 4 is 305 Å². The second-order valence-electron chi connectivity index (χ2n) is 18.7. The zero-order chi connectivity index (χ0) is 53.8. The van der Waals surface area contributed by atoms with E-state index in [1.165, 1.54) is 4.57 Å². The third-order valence-corrected chi connectivity index (χ3v) is 14.7. The number of para-hydroxylation sites is 3. The van der Waals surface area contributed by atoms with Crippen molar-refractivity contribution in [1.82, 2.24) is 14.5 Å². The van der Waals surface area contributed by atoms with Gasteiger partial charge in [0.1, 0.15) is 152 Å². The number of nitrogens with zero attached hydrogens (tertiary/aromatic N) is 3. The summed E-state index contributed by atoms with van der Waals surface area (Å²) >= 11 is 0. The predicted molar refractivity (Wildman–Crippen MR) is 337 cm³/mol. The van der Waals surface area contributed by atoms with Crippen LogP contribution in [0.3, 0.4) is 0 Å². The van der Waals surface area contributed by atoms with Gasteiger partial charge in [-0.15, -0.1) is 21.9 Å². The molecule has 0 amide bonds. The molecule has 3 aromatic heterocycles. The highest BCUT2D eigenvalue weighted by molar-refractivity contribution is 6.74. The van der Waals surface area contributed by atoms with Crippen molar-refractivity contribution in [3.8, 4) is 50.5 Å². The van der Waals surface area contributed by atoms with Gasteiger partial charge in [0.15, 0.2) is 0 Å². The van der Waals surface area contributed by atoms with Crippen LogP contribution in [0.5, 0.6) is 0 Å². The minimum atomic E-state index is -0.165. The largest absolute Gasteiger partial charge is 0.456 e. The third kappa shape index (κ3) is 6.90. The number of furan rings is 1. The van der Waals surface area contributed by atoms with Crippen LogP contribution in [0.25, 0.3) is 116 Å². The van der Waals surface area contributed by atoms with Gasteiger partial charge in [0, 0.05) is 44.0 Å². The van der Waals surface area contributed by atoms with Crippen LogP contribution in [0.15, 0.2) is 95.4 Å². The maximum absolute atomic E-state index is 7.13. The van der Waals surface area contributed by atoms with E-state index in [9.17, 15) is 0 Å². The van der Waals surface area contributed by atoms with Crippen molar-refractivity contribution in [3.05, 3.63) is 91.0 Å². The fourth-order valence-corrected chi connectivity index (χ4v) is 10.9. The van der Waals surface area contributed by atoms with Gasteiger partial charge in [-0.1, -0.05) is 137 Å². The number of benzene rings is 9. The summed E-state index contributed by atoms with van der Waals surface area (Å²) in [7, 11) is 123. The van der Waals surface area contributed by atoms with Gasteiger partial charge in [0.2, 0.25) is 0 Å². The predicted octanol–water partition coefficient (Wildman–Crippen LogP) is -7.26. The quantitative estimate of drug-likeness (QED) is 0.162. The van der Waals surface area contributed by atoms with E-state index in [2.05, 4.69) is 0 Å². The van der Waals surface area contributed by atoms with Crippen molar-refractivity contribution in [2.45, 2.75) is 0 Å². The van der Waals surface area contributed by atoms with Gasteiger partial charge in [0.25, 0.3) is 0 Å². The van der Waals surface area contributed by atoms with Crippen molar-refractivity contribution < 1.29 is 4.42 Å². The summed E-state index contributed by atoms with van der Waals surface area (Å²) in [5, 5.41) is 2.39. The number of hydrogen-bond donors (Lipinski definition) is 0. The first kappa shape index (κ1) is 50.2. The smallest absolute Gasteiger partial charge is 0.136 e. The number of aromatic nitrogens is 3. The fourth-order valence-electron chi connectivity index (χ4n) is 10.9. The highest BCUT2D eigenvalue weighted by Crippen LogP contribution is 2.42. The molecule has 306 valence electrons. The molecule has 0 saturated carbocycles.